The summed E-state index contributed by atoms with van der Waals surface area (Å²) in [5.41, 5.74) is 22.9. The van der Waals surface area contributed by atoms with Crippen LogP contribution in [-0.4, -0.2) is 45.5 Å². The molecule has 0 bridgehead atoms. The summed E-state index contributed by atoms with van der Waals surface area (Å²) in [6.07, 6.45) is 6.69. The molecular formula is C39H55ClN6O2. The maximum Gasteiger partial charge on any atom is 0.252 e. The fraction of sp³-hybridized carbons (Fsp3) is 0.385. The fourth-order valence-electron chi connectivity index (χ4n) is 4.21. The molecule has 2 heterocycles. The number of carbonyl (C=O) groups is 2. The van der Waals surface area contributed by atoms with E-state index in [1.54, 1.807) is 42.9 Å². The number of halogens is 1. The van der Waals surface area contributed by atoms with Crippen molar-refractivity contribution in [2.75, 3.05) is 36.8 Å². The molecule has 8 nitrogen and oxygen atoms in total. The minimum atomic E-state index is -0.402. The smallest absolute Gasteiger partial charge is 0.252 e. The molecule has 6 N–H and O–H groups in total. The Morgan fingerprint density at radius 2 is 1.04 bits per heavy atom. The molecular weight excluding hydrogens is 620 g/mol. The van der Waals surface area contributed by atoms with Gasteiger partial charge < -0.3 is 22.1 Å². The second-order valence-corrected chi connectivity index (χ2v) is 13.6. The lowest BCUT2D eigenvalue weighted by Crippen LogP contribution is -2.21. The summed E-state index contributed by atoms with van der Waals surface area (Å²) in [6.45, 7) is 23.0. The Kier molecular flexibility index (Phi) is 17.5. The number of nitrogens with two attached hydrogens (primary N) is 3. The first kappa shape index (κ1) is 41.8. The van der Waals surface area contributed by atoms with Gasteiger partial charge in [0, 0.05) is 47.4 Å². The summed E-state index contributed by atoms with van der Waals surface area (Å²) in [6, 6.07) is 18.6. The highest BCUT2D eigenvalue weighted by atomic mass is 35.5. The minimum Gasteiger partial charge on any atom is -0.398 e. The standard InChI is InChI=1S/C17H20N2O.C11H13ClO.C6H15N.C5H7N3/c1-17(2,3)14-6-4-12(5-7-14)16(20)10-13-11-19-9-8-15(13)18;1-11(2,3)9-6-4-8(5-7-9)10(12)13;1-4-7(5-2)6-3;6-4-1-2-8-3-5(4)7/h4-9,11H,10H2,1-3H3,(H2,18,19);4-7H,1-3H3;4-6H2,1-3H3;1-3H,7H2,(H2,6,8). The molecule has 0 aliphatic carbocycles. The van der Waals surface area contributed by atoms with Crippen LogP contribution >= 0.6 is 11.6 Å². The molecule has 48 heavy (non-hydrogen) atoms. The van der Waals surface area contributed by atoms with Crippen LogP contribution in [-0.2, 0) is 17.3 Å². The zero-order valence-corrected chi connectivity index (χ0v) is 30.9. The van der Waals surface area contributed by atoms with Crippen molar-refractivity contribution in [3.63, 3.8) is 0 Å². The number of nitrogen functional groups attached to an aromatic ring is 3. The highest BCUT2D eigenvalue weighted by molar-refractivity contribution is 6.67. The molecule has 0 saturated heterocycles. The van der Waals surface area contributed by atoms with E-state index < -0.39 is 5.24 Å². The number of rotatable bonds is 7. The molecule has 0 aliphatic rings. The predicted octanol–water partition coefficient (Wildman–Crippen LogP) is 8.34. The SMILES string of the molecule is CC(C)(C)c1ccc(C(=O)Cc2cnccc2N)cc1.CC(C)(C)c1ccc(C(=O)Cl)cc1.CCN(CC)CC.Nc1ccncc1N. The Hall–Kier alpha value is -4.27. The Balaban J connectivity index is 0.000000352. The molecule has 0 atom stereocenters. The largest absolute Gasteiger partial charge is 0.398 e. The first-order valence-electron chi connectivity index (χ1n) is 16.2. The average Bonchev–Trinajstić information content (AvgIpc) is 3.04. The third-order valence-corrected chi connectivity index (χ3v) is 7.79. The van der Waals surface area contributed by atoms with E-state index in [0.29, 0.717) is 28.2 Å². The van der Waals surface area contributed by atoms with Gasteiger partial charge in [0.15, 0.2) is 5.78 Å². The van der Waals surface area contributed by atoms with Gasteiger partial charge in [-0.3, -0.25) is 19.6 Å². The number of hydrogen-bond donors (Lipinski definition) is 3. The number of ketones is 1. The molecule has 0 radical (unpaired) electrons. The summed E-state index contributed by atoms with van der Waals surface area (Å²) in [7, 11) is 0. The van der Waals surface area contributed by atoms with Gasteiger partial charge in [0.05, 0.1) is 17.6 Å². The lowest BCUT2D eigenvalue weighted by molar-refractivity contribution is 0.0992. The van der Waals surface area contributed by atoms with Crippen LogP contribution in [0.25, 0.3) is 0 Å². The highest BCUT2D eigenvalue weighted by Gasteiger charge is 2.15. The maximum atomic E-state index is 12.2. The molecule has 0 spiro atoms. The van der Waals surface area contributed by atoms with E-state index in [-0.39, 0.29) is 23.0 Å². The summed E-state index contributed by atoms with van der Waals surface area (Å²) in [5.74, 6) is 0.0603. The first-order chi connectivity index (χ1) is 22.4. The fourth-order valence-corrected chi connectivity index (χ4v) is 4.33. The highest BCUT2D eigenvalue weighted by Crippen LogP contribution is 2.24. The Morgan fingerprint density at radius 3 is 1.35 bits per heavy atom. The molecule has 2 aromatic carbocycles. The lowest BCUT2D eigenvalue weighted by atomic mass is 9.86. The van der Waals surface area contributed by atoms with Gasteiger partial charge in [-0.15, -0.1) is 0 Å². The number of Topliss-reactive ketones (excluding diaryl/α,β-unsaturated/α-hetero) is 1. The van der Waals surface area contributed by atoms with Crippen molar-refractivity contribution in [2.45, 2.75) is 79.6 Å². The zero-order chi connectivity index (χ0) is 36.5. The molecule has 0 amide bonds. The van der Waals surface area contributed by atoms with Crippen LogP contribution in [0.3, 0.4) is 0 Å². The second kappa shape index (κ2) is 20.2. The van der Waals surface area contributed by atoms with Gasteiger partial charge in [0.2, 0.25) is 0 Å². The van der Waals surface area contributed by atoms with E-state index in [1.165, 1.54) is 37.0 Å². The van der Waals surface area contributed by atoms with Crippen LogP contribution in [0.2, 0.25) is 0 Å². The zero-order valence-electron chi connectivity index (χ0n) is 30.2. The number of benzene rings is 2. The van der Waals surface area contributed by atoms with Gasteiger partial charge in [-0.2, -0.15) is 0 Å². The van der Waals surface area contributed by atoms with Crippen LogP contribution in [0, 0.1) is 0 Å². The van der Waals surface area contributed by atoms with E-state index in [2.05, 4.69) is 77.2 Å². The first-order valence-corrected chi connectivity index (χ1v) is 16.6. The molecule has 0 aliphatic heterocycles. The number of pyridine rings is 2. The summed E-state index contributed by atoms with van der Waals surface area (Å²) in [5, 5.41) is -0.402. The number of nitrogens with zero attached hydrogens (tertiary/aromatic N) is 3. The monoisotopic (exact) mass is 674 g/mol. The van der Waals surface area contributed by atoms with Crippen molar-refractivity contribution in [1.29, 1.82) is 0 Å². The summed E-state index contributed by atoms with van der Waals surface area (Å²) >= 11 is 5.33. The van der Waals surface area contributed by atoms with Crippen LogP contribution in [0.1, 0.15) is 99.7 Å². The summed E-state index contributed by atoms with van der Waals surface area (Å²) < 4.78 is 0. The molecule has 260 valence electrons. The van der Waals surface area contributed by atoms with Gasteiger partial charge in [-0.25, -0.2) is 0 Å². The summed E-state index contributed by atoms with van der Waals surface area (Å²) in [4.78, 5) is 33.1. The van der Waals surface area contributed by atoms with E-state index in [9.17, 15) is 9.59 Å². The molecule has 0 unspecified atom stereocenters. The molecule has 0 saturated carbocycles. The van der Waals surface area contributed by atoms with E-state index >= 15 is 0 Å². The topological polar surface area (TPSA) is 141 Å². The van der Waals surface area contributed by atoms with E-state index in [4.69, 9.17) is 28.8 Å². The number of hydrogen-bond acceptors (Lipinski definition) is 8. The lowest BCUT2D eigenvalue weighted by Gasteiger charge is -2.19. The van der Waals surface area contributed by atoms with Gasteiger partial charge in [-0.1, -0.05) is 98.7 Å². The Bertz CT molecular complexity index is 1510. The van der Waals surface area contributed by atoms with Gasteiger partial charge in [0.1, 0.15) is 0 Å². The van der Waals surface area contributed by atoms with Crippen LogP contribution in [0.5, 0.6) is 0 Å². The Morgan fingerprint density at radius 1 is 0.625 bits per heavy atom. The molecule has 9 heteroatoms. The number of anilines is 3. The third kappa shape index (κ3) is 15.1. The number of aromatic nitrogens is 2. The van der Waals surface area contributed by atoms with Crippen LogP contribution in [0.4, 0.5) is 17.1 Å². The number of carbonyl (C=O) groups excluding carboxylic acids is 2. The molecule has 2 aromatic heterocycles. The molecule has 4 rings (SSSR count). The second-order valence-electron chi connectivity index (χ2n) is 13.2. The van der Waals surface area contributed by atoms with Crippen LogP contribution in [0.15, 0.2) is 85.5 Å². The minimum absolute atomic E-state index is 0.0603. The Labute approximate surface area is 293 Å². The predicted molar refractivity (Wildman–Crippen MR) is 204 cm³/mol. The van der Waals surface area contributed by atoms with Crippen molar-refractivity contribution in [1.82, 2.24) is 14.9 Å². The van der Waals surface area contributed by atoms with Gasteiger partial charge in [-0.05, 0) is 77.5 Å². The van der Waals surface area contributed by atoms with Crippen molar-refractivity contribution in [3.8, 4) is 0 Å². The molecule has 0 fully saturated rings. The molecule has 4 aromatic rings. The average molecular weight is 675 g/mol. The van der Waals surface area contributed by atoms with Crippen molar-refractivity contribution in [3.05, 3.63) is 113 Å². The van der Waals surface area contributed by atoms with E-state index in [0.717, 1.165) is 5.56 Å². The van der Waals surface area contributed by atoms with Gasteiger partial charge >= 0.3 is 0 Å². The maximum absolute atomic E-state index is 12.2. The van der Waals surface area contributed by atoms with Crippen LogP contribution < -0.4 is 17.2 Å². The van der Waals surface area contributed by atoms with E-state index in [1.807, 2.05) is 36.4 Å². The van der Waals surface area contributed by atoms with Crippen molar-refractivity contribution < 1.29 is 9.59 Å². The third-order valence-electron chi connectivity index (χ3n) is 7.57. The van der Waals surface area contributed by atoms with Crippen molar-refractivity contribution >= 4 is 39.7 Å². The van der Waals surface area contributed by atoms with Gasteiger partial charge in [0.25, 0.3) is 5.24 Å². The normalized spacial score (nSPS) is 10.8. The quantitative estimate of drug-likeness (QED) is 0.131. The van der Waals surface area contributed by atoms with Crippen molar-refractivity contribution in [2.24, 2.45) is 0 Å².